The van der Waals surface area contributed by atoms with Gasteiger partial charge in [-0.05, 0) is 37.0 Å². The minimum Gasteiger partial charge on any atom is -0.294 e. The van der Waals surface area contributed by atoms with Crippen LogP contribution in [0, 0.1) is 6.92 Å². The molecule has 4 rings (SSSR count). The number of hydrogen-bond donors (Lipinski definition) is 0. The van der Waals surface area contributed by atoms with E-state index in [9.17, 15) is 4.79 Å². The minimum absolute atomic E-state index is 0.194. The minimum atomic E-state index is 0.194. The fourth-order valence-electron chi connectivity index (χ4n) is 3.31. The third-order valence-electron chi connectivity index (χ3n) is 4.59. The van der Waals surface area contributed by atoms with Gasteiger partial charge in [-0.2, -0.15) is 5.10 Å². The molecule has 0 saturated carbocycles. The average molecular weight is 302 g/mol. The smallest absolute Gasteiger partial charge is 0.166 e. The van der Waals surface area contributed by atoms with Gasteiger partial charge in [-0.3, -0.25) is 4.79 Å². The van der Waals surface area contributed by atoms with Crippen LogP contribution in [0.4, 0.5) is 0 Å². The van der Waals surface area contributed by atoms with Gasteiger partial charge < -0.3 is 0 Å². The van der Waals surface area contributed by atoms with Crippen molar-refractivity contribution in [3.8, 4) is 5.69 Å². The van der Waals surface area contributed by atoms with Crippen LogP contribution >= 0.6 is 0 Å². The lowest BCUT2D eigenvalue weighted by Gasteiger charge is -2.23. The molecule has 114 valence electrons. The van der Waals surface area contributed by atoms with Crippen molar-refractivity contribution in [1.82, 2.24) is 9.78 Å². The van der Waals surface area contributed by atoms with E-state index in [0.717, 1.165) is 23.4 Å². The highest BCUT2D eigenvalue weighted by molar-refractivity contribution is 5.98. The van der Waals surface area contributed by atoms with E-state index in [0.29, 0.717) is 6.42 Å². The monoisotopic (exact) mass is 302 g/mol. The molecule has 1 heterocycles. The van der Waals surface area contributed by atoms with E-state index in [1.165, 1.54) is 11.1 Å². The predicted octanol–water partition coefficient (Wildman–Crippen LogP) is 4.09. The average Bonchev–Trinajstić information content (AvgIpc) is 3.01. The van der Waals surface area contributed by atoms with Crippen molar-refractivity contribution in [2.45, 2.75) is 25.7 Å². The van der Waals surface area contributed by atoms with Gasteiger partial charge in [0.2, 0.25) is 0 Å². The standard InChI is InChI=1S/C20H18N2O/c1-14-7-9-15(10-8-14)16-11-19-18(20(23)12-16)13-21-22(19)17-5-3-2-4-6-17/h2-10,13,16H,11-12H2,1H3/t16-/m0/s1. The van der Waals surface area contributed by atoms with Crippen LogP contribution in [0.1, 0.15) is 39.5 Å². The molecule has 0 bridgehead atoms. The zero-order valence-electron chi connectivity index (χ0n) is 13.1. The van der Waals surface area contributed by atoms with E-state index in [1.54, 1.807) is 6.20 Å². The van der Waals surface area contributed by atoms with Crippen LogP contribution in [0.25, 0.3) is 5.69 Å². The van der Waals surface area contributed by atoms with Gasteiger partial charge in [0, 0.05) is 6.42 Å². The Morgan fingerprint density at radius 1 is 1.00 bits per heavy atom. The second kappa shape index (κ2) is 5.51. The van der Waals surface area contributed by atoms with Gasteiger partial charge in [-0.15, -0.1) is 0 Å². The molecule has 0 saturated heterocycles. The van der Waals surface area contributed by atoms with Crippen LogP contribution < -0.4 is 0 Å². The fraction of sp³-hybridized carbons (Fsp3) is 0.200. The molecule has 1 atom stereocenters. The second-order valence-electron chi connectivity index (χ2n) is 6.19. The van der Waals surface area contributed by atoms with Gasteiger partial charge in [-0.1, -0.05) is 48.0 Å². The summed E-state index contributed by atoms with van der Waals surface area (Å²) in [6.45, 7) is 2.08. The zero-order chi connectivity index (χ0) is 15.8. The topological polar surface area (TPSA) is 34.9 Å². The molecule has 0 amide bonds. The van der Waals surface area contributed by atoms with E-state index in [4.69, 9.17) is 0 Å². The number of carbonyl (C=O) groups excluding carboxylic acids is 1. The highest BCUT2D eigenvalue weighted by Crippen LogP contribution is 2.33. The number of carbonyl (C=O) groups is 1. The Bertz CT molecular complexity index is 847. The van der Waals surface area contributed by atoms with Crippen LogP contribution in [-0.4, -0.2) is 15.6 Å². The number of Topliss-reactive ketones (excluding diaryl/α,β-unsaturated/α-hetero) is 1. The number of aromatic nitrogens is 2. The maximum Gasteiger partial charge on any atom is 0.166 e. The van der Waals surface area contributed by atoms with Crippen LogP contribution in [0.2, 0.25) is 0 Å². The van der Waals surface area contributed by atoms with Gasteiger partial charge in [0.05, 0.1) is 23.1 Å². The zero-order valence-corrected chi connectivity index (χ0v) is 13.1. The van der Waals surface area contributed by atoms with E-state index >= 15 is 0 Å². The molecule has 0 radical (unpaired) electrons. The summed E-state index contributed by atoms with van der Waals surface area (Å²) in [6.07, 6.45) is 3.13. The summed E-state index contributed by atoms with van der Waals surface area (Å²) in [5.74, 6) is 0.425. The molecule has 1 aliphatic carbocycles. The Hall–Kier alpha value is -2.68. The van der Waals surface area contributed by atoms with Gasteiger partial charge >= 0.3 is 0 Å². The number of benzene rings is 2. The molecular weight excluding hydrogens is 284 g/mol. The lowest BCUT2D eigenvalue weighted by molar-refractivity contribution is 0.0964. The van der Waals surface area contributed by atoms with Crippen molar-refractivity contribution >= 4 is 5.78 Å². The van der Waals surface area contributed by atoms with Crippen molar-refractivity contribution in [2.75, 3.05) is 0 Å². The maximum absolute atomic E-state index is 12.5. The molecule has 3 nitrogen and oxygen atoms in total. The number of hydrogen-bond acceptors (Lipinski definition) is 2. The summed E-state index contributed by atoms with van der Waals surface area (Å²) in [7, 11) is 0. The molecule has 0 N–H and O–H groups in total. The van der Waals surface area contributed by atoms with Crippen LogP contribution in [0.5, 0.6) is 0 Å². The van der Waals surface area contributed by atoms with Gasteiger partial charge in [0.1, 0.15) is 0 Å². The summed E-state index contributed by atoms with van der Waals surface area (Å²) in [6, 6.07) is 18.5. The Morgan fingerprint density at radius 2 is 1.74 bits per heavy atom. The second-order valence-corrected chi connectivity index (χ2v) is 6.19. The van der Waals surface area contributed by atoms with Crippen molar-refractivity contribution < 1.29 is 4.79 Å². The summed E-state index contributed by atoms with van der Waals surface area (Å²) in [5.41, 5.74) is 5.28. The summed E-state index contributed by atoms with van der Waals surface area (Å²) >= 11 is 0. The maximum atomic E-state index is 12.5. The Labute approximate surface area is 135 Å². The van der Waals surface area contributed by atoms with Gasteiger partial charge in [0.25, 0.3) is 0 Å². The third kappa shape index (κ3) is 2.48. The molecule has 0 unspecified atom stereocenters. The molecule has 1 aromatic heterocycles. The summed E-state index contributed by atoms with van der Waals surface area (Å²) < 4.78 is 1.91. The van der Waals surface area contributed by atoms with E-state index in [2.05, 4.69) is 36.3 Å². The first-order valence-electron chi connectivity index (χ1n) is 7.94. The molecule has 0 aliphatic heterocycles. The van der Waals surface area contributed by atoms with E-state index < -0.39 is 0 Å². The number of rotatable bonds is 2. The van der Waals surface area contributed by atoms with Crippen LogP contribution in [0.3, 0.4) is 0 Å². The van der Waals surface area contributed by atoms with Crippen molar-refractivity contribution in [1.29, 1.82) is 0 Å². The van der Waals surface area contributed by atoms with Crippen LogP contribution in [-0.2, 0) is 6.42 Å². The quantitative estimate of drug-likeness (QED) is 0.714. The Morgan fingerprint density at radius 3 is 2.48 bits per heavy atom. The van der Waals surface area contributed by atoms with Crippen molar-refractivity contribution in [2.24, 2.45) is 0 Å². The lowest BCUT2D eigenvalue weighted by Crippen LogP contribution is -2.20. The first kappa shape index (κ1) is 13.9. The molecule has 0 spiro atoms. The van der Waals surface area contributed by atoms with Crippen LogP contribution in [0.15, 0.2) is 60.8 Å². The number of ketones is 1. The van der Waals surface area contributed by atoms with Crippen molar-refractivity contribution in [3.05, 3.63) is 83.2 Å². The molecular formula is C20H18N2O. The first-order chi connectivity index (χ1) is 11.2. The number of aryl methyl sites for hydroxylation is 1. The third-order valence-corrected chi connectivity index (χ3v) is 4.59. The number of nitrogens with zero attached hydrogens (tertiary/aromatic N) is 2. The van der Waals surface area contributed by atoms with Gasteiger partial charge in [0.15, 0.2) is 5.78 Å². The molecule has 3 heteroatoms. The normalized spacial score (nSPS) is 17.1. The summed E-state index contributed by atoms with van der Waals surface area (Å²) in [4.78, 5) is 12.5. The largest absolute Gasteiger partial charge is 0.294 e. The van der Waals surface area contributed by atoms with Gasteiger partial charge in [-0.25, -0.2) is 4.68 Å². The molecule has 23 heavy (non-hydrogen) atoms. The lowest BCUT2D eigenvalue weighted by atomic mass is 9.82. The van der Waals surface area contributed by atoms with E-state index in [1.807, 2.05) is 35.0 Å². The highest BCUT2D eigenvalue weighted by Gasteiger charge is 2.29. The summed E-state index contributed by atoms with van der Waals surface area (Å²) in [5, 5.41) is 4.46. The van der Waals surface area contributed by atoms with Crippen molar-refractivity contribution in [3.63, 3.8) is 0 Å². The fourth-order valence-corrected chi connectivity index (χ4v) is 3.31. The molecule has 3 aromatic rings. The predicted molar refractivity (Wildman–Crippen MR) is 90.1 cm³/mol. The highest BCUT2D eigenvalue weighted by atomic mass is 16.1. The molecule has 0 fully saturated rings. The number of fused-ring (bicyclic) bond motifs is 1. The molecule has 1 aliphatic rings. The Balaban J connectivity index is 1.74. The Kier molecular flexibility index (Phi) is 3.34. The first-order valence-corrected chi connectivity index (χ1v) is 7.94. The SMILES string of the molecule is Cc1ccc([C@@H]2CC(=O)c3cnn(-c4ccccc4)c3C2)cc1. The number of para-hydroxylation sites is 1. The van der Waals surface area contributed by atoms with E-state index in [-0.39, 0.29) is 11.7 Å². The molecule has 2 aromatic carbocycles.